The summed E-state index contributed by atoms with van der Waals surface area (Å²) in [4.78, 5) is 4.03. The quantitative estimate of drug-likeness (QED) is 0.435. The number of nitrogens with zero attached hydrogens (tertiary/aromatic N) is 1. The monoisotopic (exact) mass is 425 g/mol. The van der Waals surface area contributed by atoms with Gasteiger partial charge in [0.15, 0.2) is 17.5 Å². The van der Waals surface area contributed by atoms with Gasteiger partial charge in [-0.25, -0.2) is 13.8 Å². The molecule has 2 aliphatic rings. The van der Waals surface area contributed by atoms with E-state index in [0.29, 0.717) is 30.4 Å². The van der Waals surface area contributed by atoms with Gasteiger partial charge in [0.05, 0.1) is 19.3 Å². The second-order valence-electron chi connectivity index (χ2n) is 5.27. The number of guanidine groups is 1. The van der Waals surface area contributed by atoms with E-state index >= 15 is 0 Å². The number of aliphatic imine (C=N–C) groups is 1. The van der Waals surface area contributed by atoms with Crippen molar-refractivity contribution in [3.8, 4) is 11.5 Å². The highest BCUT2D eigenvalue weighted by molar-refractivity contribution is 14.0. The van der Waals surface area contributed by atoms with Crippen molar-refractivity contribution in [1.29, 1.82) is 0 Å². The number of fused-ring (bicyclic) bond motifs is 1. The zero-order valence-electron chi connectivity index (χ0n) is 11.9. The summed E-state index contributed by atoms with van der Waals surface area (Å²) in [6, 6.07) is 4.92. The standard InChI is InChI=1S/C14H17F2N3O2.HI/c15-14(16)7-10(8-14)19-13(17)18-9-2-3-11-12(6-9)21-5-1-4-20-11;/h2-3,6,10H,1,4-5,7-8H2,(H3,17,18,19);1H. The van der Waals surface area contributed by atoms with Crippen molar-refractivity contribution >= 4 is 35.6 Å². The van der Waals surface area contributed by atoms with Gasteiger partial charge in [-0.2, -0.15) is 0 Å². The van der Waals surface area contributed by atoms with Gasteiger partial charge < -0.3 is 20.5 Å². The molecule has 1 heterocycles. The Balaban J connectivity index is 0.00000176. The van der Waals surface area contributed by atoms with Crippen molar-refractivity contribution in [3.05, 3.63) is 18.2 Å². The number of rotatable bonds is 2. The summed E-state index contributed by atoms with van der Waals surface area (Å²) in [5.41, 5.74) is 6.42. The Kier molecular flexibility index (Phi) is 5.30. The lowest BCUT2D eigenvalue weighted by atomic mass is 9.89. The molecule has 3 N–H and O–H groups in total. The molecular weight excluding hydrogens is 407 g/mol. The second-order valence-corrected chi connectivity index (χ2v) is 5.27. The molecular formula is C14H18F2IN3O2. The van der Waals surface area contributed by atoms with Crippen LogP contribution in [0.3, 0.4) is 0 Å². The van der Waals surface area contributed by atoms with Crippen molar-refractivity contribution in [2.75, 3.05) is 18.5 Å². The Morgan fingerprint density at radius 1 is 1.23 bits per heavy atom. The van der Waals surface area contributed by atoms with Crippen LogP contribution in [0.2, 0.25) is 0 Å². The molecule has 0 spiro atoms. The van der Waals surface area contributed by atoms with Crippen LogP contribution in [0.5, 0.6) is 11.5 Å². The smallest absolute Gasteiger partial charge is 0.252 e. The molecule has 0 amide bonds. The van der Waals surface area contributed by atoms with E-state index in [-0.39, 0.29) is 42.8 Å². The molecule has 1 fully saturated rings. The molecule has 0 unspecified atom stereocenters. The molecule has 0 aromatic heterocycles. The zero-order chi connectivity index (χ0) is 14.9. The zero-order valence-corrected chi connectivity index (χ0v) is 14.2. The maximum Gasteiger partial charge on any atom is 0.252 e. The number of nitrogens with two attached hydrogens (primary N) is 1. The molecule has 1 aliphatic heterocycles. The van der Waals surface area contributed by atoms with Crippen LogP contribution in [-0.2, 0) is 0 Å². The fraction of sp³-hybridized carbons (Fsp3) is 0.500. The lowest BCUT2D eigenvalue weighted by molar-refractivity contribution is -0.0834. The largest absolute Gasteiger partial charge is 0.490 e. The summed E-state index contributed by atoms with van der Waals surface area (Å²) in [7, 11) is 0. The fourth-order valence-electron chi connectivity index (χ4n) is 2.34. The molecule has 1 aromatic rings. The van der Waals surface area contributed by atoms with Gasteiger partial charge in [-0.15, -0.1) is 24.0 Å². The highest BCUT2D eigenvalue weighted by Gasteiger charge is 2.45. The van der Waals surface area contributed by atoms with E-state index in [2.05, 4.69) is 10.3 Å². The second kappa shape index (κ2) is 6.84. The lowest BCUT2D eigenvalue weighted by Crippen LogP contribution is -2.40. The molecule has 0 atom stereocenters. The number of anilines is 1. The Hall–Kier alpha value is -1.32. The minimum absolute atomic E-state index is 0. The summed E-state index contributed by atoms with van der Waals surface area (Å²) >= 11 is 0. The topological polar surface area (TPSA) is 68.9 Å². The predicted octanol–water partition coefficient (Wildman–Crippen LogP) is 2.99. The number of hydrogen-bond acceptors (Lipinski definition) is 3. The molecule has 1 aromatic carbocycles. The van der Waals surface area contributed by atoms with Crippen LogP contribution in [0.25, 0.3) is 0 Å². The predicted molar refractivity (Wildman–Crippen MR) is 90.7 cm³/mol. The molecule has 3 rings (SSSR count). The average Bonchev–Trinajstić information content (AvgIpc) is 2.61. The molecule has 8 heteroatoms. The lowest BCUT2D eigenvalue weighted by Gasteiger charge is -2.32. The number of hydrogen-bond donors (Lipinski definition) is 2. The van der Waals surface area contributed by atoms with Crippen molar-refractivity contribution < 1.29 is 18.3 Å². The Bertz CT molecular complexity index is 561. The number of alkyl halides is 2. The minimum Gasteiger partial charge on any atom is -0.490 e. The van der Waals surface area contributed by atoms with Gasteiger partial charge in [-0.05, 0) is 12.1 Å². The maximum atomic E-state index is 12.7. The van der Waals surface area contributed by atoms with Crippen LogP contribution in [0, 0.1) is 0 Å². The molecule has 1 aliphatic carbocycles. The molecule has 5 nitrogen and oxygen atoms in total. The van der Waals surface area contributed by atoms with E-state index in [1.165, 1.54) is 0 Å². The first-order valence-electron chi connectivity index (χ1n) is 6.90. The van der Waals surface area contributed by atoms with Crippen molar-refractivity contribution in [2.45, 2.75) is 31.2 Å². The van der Waals surface area contributed by atoms with Crippen molar-refractivity contribution in [1.82, 2.24) is 0 Å². The molecule has 1 saturated carbocycles. The fourth-order valence-corrected chi connectivity index (χ4v) is 2.34. The summed E-state index contributed by atoms with van der Waals surface area (Å²) in [6.45, 7) is 1.22. The van der Waals surface area contributed by atoms with Crippen molar-refractivity contribution in [2.24, 2.45) is 10.7 Å². The highest BCUT2D eigenvalue weighted by atomic mass is 127. The summed E-state index contributed by atoms with van der Waals surface area (Å²) in [5.74, 6) is -1.14. The number of ether oxygens (including phenoxy) is 2. The van der Waals surface area contributed by atoms with E-state index in [4.69, 9.17) is 15.2 Å². The van der Waals surface area contributed by atoms with Crippen LogP contribution in [0.1, 0.15) is 19.3 Å². The Morgan fingerprint density at radius 2 is 1.91 bits per heavy atom. The minimum atomic E-state index is -2.59. The van der Waals surface area contributed by atoms with Crippen LogP contribution in [-0.4, -0.2) is 31.1 Å². The molecule has 122 valence electrons. The average molecular weight is 425 g/mol. The summed E-state index contributed by atoms with van der Waals surface area (Å²) in [5, 5.41) is 2.89. The van der Waals surface area contributed by atoms with Crippen LogP contribution in [0.15, 0.2) is 23.2 Å². The highest BCUT2D eigenvalue weighted by Crippen LogP contribution is 2.39. The normalized spacial score (nSPS) is 20.4. The Labute approximate surface area is 144 Å². The molecule has 0 saturated heterocycles. The van der Waals surface area contributed by atoms with E-state index in [9.17, 15) is 8.78 Å². The number of benzene rings is 1. The molecule has 22 heavy (non-hydrogen) atoms. The molecule has 0 radical (unpaired) electrons. The van der Waals surface area contributed by atoms with Gasteiger partial charge in [0.2, 0.25) is 0 Å². The third-order valence-corrected chi connectivity index (χ3v) is 3.41. The van der Waals surface area contributed by atoms with E-state index in [0.717, 1.165) is 6.42 Å². The summed E-state index contributed by atoms with van der Waals surface area (Å²) in [6.07, 6.45) is 0.351. The SMILES string of the molecule is I.NC(=NC1CC(F)(F)C1)Nc1ccc2c(c1)OCCCO2. The van der Waals surface area contributed by atoms with E-state index in [1.807, 2.05) is 0 Å². The van der Waals surface area contributed by atoms with Gasteiger partial charge in [-0.1, -0.05) is 0 Å². The number of halogens is 3. The third-order valence-electron chi connectivity index (χ3n) is 3.41. The van der Waals surface area contributed by atoms with Crippen LogP contribution >= 0.6 is 24.0 Å². The first-order chi connectivity index (χ1) is 10.0. The maximum absolute atomic E-state index is 12.7. The van der Waals surface area contributed by atoms with Crippen LogP contribution in [0.4, 0.5) is 14.5 Å². The van der Waals surface area contributed by atoms with Crippen molar-refractivity contribution in [3.63, 3.8) is 0 Å². The first kappa shape index (κ1) is 17.0. The van der Waals surface area contributed by atoms with Crippen LogP contribution < -0.4 is 20.5 Å². The van der Waals surface area contributed by atoms with Gasteiger partial charge in [0.25, 0.3) is 5.92 Å². The molecule has 0 bridgehead atoms. The van der Waals surface area contributed by atoms with Gasteiger partial charge >= 0.3 is 0 Å². The van der Waals surface area contributed by atoms with Gasteiger partial charge in [0, 0.05) is 31.0 Å². The summed E-state index contributed by atoms with van der Waals surface area (Å²) < 4.78 is 36.6. The van der Waals surface area contributed by atoms with E-state index < -0.39 is 12.0 Å². The Morgan fingerprint density at radius 3 is 2.59 bits per heavy atom. The van der Waals surface area contributed by atoms with Gasteiger partial charge in [0.1, 0.15) is 0 Å². The first-order valence-corrected chi connectivity index (χ1v) is 6.90. The van der Waals surface area contributed by atoms with Gasteiger partial charge in [-0.3, -0.25) is 0 Å². The third kappa shape index (κ3) is 4.11. The number of nitrogens with one attached hydrogen (secondary N) is 1. The van der Waals surface area contributed by atoms with E-state index in [1.54, 1.807) is 18.2 Å².